The highest BCUT2D eigenvalue weighted by atomic mass is 35.5. The summed E-state index contributed by atoms with van der Waals surface area (Å²) in [5, 5.41) is 3.39. The summed E-state index contributed by atoms with van der Waals surface area (Å²) in [4.78, 5) is 14.6. The number of amides is 1. The Bertz CT molecular complexity index is 473. The van der Waals surface area contributed by atoms with Gasteiger partial charge in [0.2, 0.25) is 5.91 Å². The SMILES string of the molecule is CCN(CC1CC1)C(=O)C1Cc2ccccc2CN1.Cl. The summed E-state index contributed by atoms with van der Waals surface area (Å²) in [7, 11) is 0. The first kappa shape index (κ1) is 15.3. The maximum Gasteiger partial charge on any atom is 0.240 e. The maximum absolute atomic E-state index is 12.6. The van der Waals surface area contributed by atoms with E-state index in [1.807, 2.05) is 4.90 Å². The number of nitrogens with zero attached hydrogens (tertiary/aromatic N) is 1. The Morgan fingerprint density at radius 1 is 1.30 bits per heavy atom. The molecule has 110 valence electrons. The van der Waals surface area contributed by atoms with Crippen LogP contribution in [-0.4, -0.2) is 29.9 Å². The number of rotatable bonds is 4. The highest BCUT2D eigenvalue weighted by Crippen LogP contribution is 2.30. The molecule has 20 heavy (non-hydrogen) atoms. The van der Waals surface area contributed by atoms with Crippen LogP contribution < -0.4 is 5.32 Å². The van der Waals surface area contributed by atoms with E-state index in [4.69, 9.17) is 0 Å². The fourth-order valence-corrected chi connectivity index (χ4v) is 2.84. The molecule has 0 bridgehead atoms. The Morgan fingerprint density at radius 3 is 2.65 bits per heavy atom. The highest BCUT2D eigenvalue weighted by molar-refractivity contribution is 5.85. The molecule has 3 rings (SSSR count). The van der Waals surface area contributed by atoms with Crippen molar-refractivity contribution in [3.8, 4) is 0 Å². The first-order valence-electron chi connectivity index (χ1n) is 7.37. The van der Waals surface area contributed by atoms with Gasteiger partial charge in [-0.15, -0.1) is 12.4 Å². The molecule has 0 saturated heterocycles. The average Bonchev–Trinajstić information content (AvgIpc) is 3.27. The Kier molecular flexibility index (Phi) is 5.06. The normalized spacial score (nSPS) is 20.8. The van der Waals surface area contributed by atoms with E-state index in [2.05, 4.69) is 36.5 Å². The van der Waals surface area contributed by atoms with Gasteiger partial charge < -0.3 is 10.2 Å². The second-order valence-electron chi connectivity index (χ2n) is 5.73. The van der Waals surface area contributed by atoms with Crippen LogP contribution in [-0.2, 0) is 17.8 Å². The zero-order valence-electron chi connectivity index (χ0n) is 12.0. The predicted octanol–water partition coefficient (Wildman–Crippen LogP) is 2.38. The predicted molar refractivity (Wildman–Crippen MR) is 83.0 cm³/mol. The topological polar surface area (TPSA) is 32.3 Å². The van der Waals surface area contributed by atoms with Crippen LogP contribution in [0.1, 0.15) is 30.9 Å². The van der Waals surface area contributed by atoms with Gasteiger partial charge in [0.1, 0.15) is 0 Å². The van der Waals surface area contributed by atoms with Gasteiger partial charge in [-0.25, -0.2) is 0 Å². The molecule has 1 atom stereocenters. The van der Waals surface area contributed by atoms with Crippen molar-refractivity contribution in [3.05, 3.63) is 35.4 Å². The summed E-state index contributed by atoms with van der Waals surface area (Å²) < 4.78 is 0. The van der Waals surface area contributed by atoms with Crippen LogP contribution in [0.2, 0.25) is 0 Å². The van der Waals surface area contributed by atoms with Gasteiger partial charge in [-0.05, 0) is 43.2 Å². The van der Waals surface area contributed by atoms with Gasteiger partial charge in [-0.1, -0.05) is 24.3 Å². The third-order valence-electron chi connectivity index (χ3n) is 4.25. The molecule has 1 amide bonds. The Balaban J connectivity index is 0.00000147. The number of halogens is 1. The summed E-state index contributed by atoms with van der Waals surface area (Å²) in [6.45, 7) is 4.68. The average molecular weight is 295 g/mol. The fourth-order valence-electron chi connectivity index (χ4n) is 2.84. The van der Waals surface area contributed by atoms with Crippen LogP contribution in [0, 0.1) is 5.92 Å². The molecule has 0 spiro atoms. The van der Waals surface area contributed by atoms with Gasteiger partial charge >= 0.3 is 0 Å². The van der Waals surface area contributed by atoms with Crippen molar-refractivity contribution in [2.75, 3.05) is 13.1 Å². The van der Waals surface area contributed by atoms with E-state index in [0.717, 1.165) is 32.0 Å². The molecule has 1 aliphatic heterocycles. The van der Waals surface area contributed by atoms with Crippen LogP contribution in [0.25, 0.3) is 0 Å². The molecule has 1 heterocycles. The zero-order valence-corrected chi connectivity index (χ0v) is 12.8. The highest BCUT2D eigenvalue weighted by Gasteiger charge is 2.31. The number of hydrogen-bond donors (Lipinski definition) is 1. The van der Waals surface area contributed by atoms with Crippen LogP contribution in [0.3, 0.4) is 0 Å². The van der Waals surface area contributed by atoms with E-state index in [1.54, 1.807) is 0 Å². The molecule has 4 heteroatoms. The fraction of sp³-hybridized carbons (Fsp3) is 0.562. The van der Waals surface area contributed by atoms with Gasteiger partial charge in [-0.3, -0.25) is 4.79 Å². The summed E-state index contributed by atoms with van der Waals surface area (Å²) in [6.07, 6.45) is 3.42. The van der Waals surface area contributed by atoms with Gasteiger partial charge in [0, 0.05) is 19.6 Å². The van der Waals surface area contributed by atoms with Crippen molar-refractivity contribution in [2.45, 2.75) is 38.8 Å². The van der Waals surface area contributed by atoms with Crippen LogP contribution in [0.4, 0.5) is 0 Å². The molecule has 1 aliphatic carbocycles. The molecular weight excluding hydrogens is 272 g/mol. The molecule has 1 fully saturated rings. The van der Waals surface area contributed by atoms with E-state index in [9.17, 15) is 4.79 Å². The number of benzene rings is 1. The van der Waals surface area contributed by atoms with Crippen LogP contribution >= 0.6 is 12.4 Å². The lowest BCUT2D eigenvalue weighted by Gasteiger charge is -2.30. The van der Waals surface area contributed by atoms with Crippen molar-refractivity contribution >= 4 is 18.3 Å². The first-order valence-corrected chi connectivity index (χ1v) is 7.37. The van der Waals surface area contributed by atoms with E-state index >= 15 is 0 Å². The molecule has 3 nitrogen and oxygen atoms in total. The van der Waals surface area contributed by atoms with Crippen molar-refractivity contribution in [1.29, 1.82) is 0 Å². The van der Waals surface area contributed by atoms with E-state index < -0.39 is 0 Å². The largest absolute Gasteiger partial charge is 0.341 e. The number of fused-ring (bicyclic) bond motifs is 1. The third kappa shape index (κ3) is 3.33. The van der Waals surface area contributed by atoms with Crippen molar-refractivity contribution in [3.63, 3.8) is 0 Å². The molecular formula is C16H23ClN2O. The summed E-state index contributed by atoms with van der Waals surface area (Å²) in [5.74, 6) is 1.05. The number of carbonyl (C=O) groups excluding carboxylic acids is 1. The van der Waals surface area contributed by atoms with Crippen molar-refractivity contribution in [2.24, 2.45) is 5.92 Å². The molecule has 0 radical (unpaired) electrons. The summed E-state index contributed by atoms with van der Waals surface area (Å²) in [6, 6.07) is 8.38. The Morgan fingerprint density at radius 2 is 2.00 bits per heavy atom. The second-order valence-corrected chi connectivity index (χ2v) is 5.73. The molecule has 2 aliphatic rings. The lowest BCUT2D eigenvalue weighted by atomic mass is 9.95. The van der Waals surface area contributed by atoms with Crippen LogP contribution in [0.5, 0.6) is 0 Å². The third-order valence-corrected chi connectivity index (χ3v) is 4.25. The number of carbonyl (C=O) groups is 1. The molecule has 1 aromatic rings. The van der Waals surface area contributed by atoms with E-state index in [-0.39, 0.29) is 24.4 Å². The molecule has 0 aromatic heterocycles. The standard InChI is InChI=1S/C16H22N2O.ClH/c1-2-18(11-12-7-8-12)16(19)15-9-13-5-3-4-6-14(13)10-17-15;/h3-6,12,15,17H,2,7-11H2,1H3;1H. The molecule has 1 N–H and O–H groups in total. The monoisotopic (exact) mass is 294 g/mol. The smallest absolute Gasteiger partial charge is 0.240 e. The lowest BCUT2D eigenvalue weighted by Crippen LogP contribution is -2.49. The second kappa shape index (κ2) is 6.59. The van der Waals surface area contributed by atoms with Gasteiger partial charge in [0.05, 0.1) is 6.04 Å². The Labute approximate surface area is 127 Å². The molecule has 1 aromatic carbocycles. The minimum Gasteiger partial charge on any atom is -0.341 e. The van der Waals surface area contributed by atoms with E-state index in [1.165, 1.54) is 24.0 Å². The van der Waals surface area contributed by atoms with Gasteiger partial charge in [0.15, 0.2) is 0 Å². The number of likely N-dealkylation sites (N-methyl/N-ethyl adjacent to an activating group) is 1. The lowest BCUT2D eigenvalue weighted by molar-refractivity contribution is -0.133. The maximum atomic E-state index is 12.6. The van der Waals surface area contributed by atoms with E-state index in [0.29, 0.717) is 0 Å². The van der Waals surface area contributed by atoms with Gasteiger partial charge in [-0.2, -0.15) is 0 Å². The quantitative estimate of drug-likeness (QED) is 0.925. The number of hydrogen-bond acceptors (Lipinski definition) is 2. The van der Waals surface area contributed by atoms with Crippen molar-refractivity contribution in [1.82, 2.24) is 10.2 Å². The minimum atomic E-state index is -0.0337. The summed E-state index contributed by atoms with van der Waals surface area (Å²) >= 11 is 0. The van der Waals surface area contributed by atoms with Crippen molar-refractivity contribution < 1.29 is 4.79 Å². The number of nitrogens with one attached hydrogen (secondary N) is 1. The molecule has 1 saturated carbocycles. The summed E-state index contributed by atoms with van der Waals surface area (Å²) in [5.41, 5.74) is 2.65. The minimum absolute atomic E-state index is 0. The first-order chi connectivity index (χ1) is 9.28. The van der Waals surface area contributed by atoms with Crippen LogP contribution in [0.15, 0.2) is 24.3 Å². The van der Waals surface area contributed by atoms with Gasteiger partial charge in [0.25, 0.3) is 0 Å². The Hall–Kier alpha value is -1.06. The zero-order chi connectivity index (χ0) is 13.2. The molecule has 1 unspecified atom stereocenters.